The minimum atomic E-state index is -5.08. The minimum absolute atomic E-state index is 0.00945. The van der Waals surface area contributed by atoms with Crippen molar-refractivity contribution < 1.29 is 49.5 Å². The molecule has 16 nitrogen and oxygen atoms in total. The van der Waals surface area contributed by atoms with Crippen molar-refractivity contribution in [1.82, 2.24) is 39.8 Å². The molecule has 406 valence electrons. The van der Waals surface area contributed by atoms with Crippen LogP contribution in [0.1, 0.15) is 43.6 Å². The second-order valence-electron chi connectivity index (χ2n) is 16.0. The molecule has 0 atom stereocenters. The van der Waals surface area contributed by atoms with Crippen molar-refractivity contribution >= 4 is 151 Å². The minimum Gasteiger partial charge on any atom is -0.475 e. The lowest BCUT2D eigenvalue weighted by molar-refractivity contribution is -0.192. The summed E-state index contributed by atoms with van der Waals surface area (Å²) in [5.41, 5.74) is 4.68. The van der Waals surface area contributed by atoms with Crippen LogP contribution >= 0.6 is 103 Å². The maximum Gasteiger partial charge on any atom is 0.490 e. The lowest BCUT2D eigenvalue weighted by Crippen LogP contribution is -2.34. The molecule has 4 aromatic carbocycles. The first-order chi connectivity index (χ1) is 35.5. The Balaban J connectivity index is 0.000000217. The topological polar surface area (TPSA) is 213 Å². The van der Waals surface area contributed by atoms with Gasteiger partial charge in [0.15, 0.2) is 0 Å². The van der Waals surface area contributed by atoms with Crippen LogP contribution in [0.3, 0.4) is 0 Å². The van der Waals surface area contributed by atoms with Gasteiger partial charge in [0.05, 0.1) is 31.2 Å². The fraction of sp³-hybridized carbons (Fsp3) is 0.239. The van der Waals surface area contributed by atoms with Gasteiger partial charge < -0.3 is 20.2 Å². The van der Waals surface area contributed by atoms with Gasteiger partial charge in [0.25, 0.3) is 20.9 Å². The molecule has 0 aliphatic carbocycles. The number of amides is 2. The zero-order valence-corrected chi connectivity index (χ0v) is 48.2. The SMILES string of the molecule is CN(C)C(=O)c1ccc(-c2nnc(C3=CCN(S(=O)(=O)c4cc(Cl)ccc4Cl)CC3)s2)cc1Cl.CN(C)C(=O)c1ccc(-c2nnc(C3=CCNCC3)s2)cc1Cl.O=C(O)C(F)(F)F.O=S(=O)(Cl)c1cc(Cl)ccc1Cl. The number of carboxylic acid groups (broad SMARTS) is 1. The number of halogens is 10. The summed E-state index contributed by atoms with van der Waals surface area (Å²) in [4.78, 5) is 35.9. The van der Waals surface area contributed by atoms with Crippen LogP contribution in [0.15, 0.2) is 94.7 Å². The number of aliphatic carboxylic acids is 1. The van der Waals surface area contributed by atoms with Crippen LogP contribution in [-0.4, -0.2) is 135 Å². The van der Waals surface area contributed by atoms with Gasteiger partial charge in [0.2, 0.25) is 10.0 Å². The van der Waals surface area contributed by atoms with E-state index in [9.17, 15) is 39.6 Å². The molecule has 30 heteroatoms. The van der Waals surface area contributed by atoms with Gasteiger partial charge in [0.1, 0.15) is 29.8 Å². The van der Waals surface area contributed by atoms with Gasteiger partial charge in [-0.05, 0) is 91.2 Å². The Hall–Kier alpha value is -4.47. The van der Waals surface area contributed by atoms with E-state index in [1.54, 1.807) is 75.9 Å². The summed E-state index contributed by atoms with van der Waals surface area (Å²) < 4.78 is 80.8. The van der Waals surface area contributed by atoms with Crippen LogP contribution in [0.2, 0.25) is 30.1 Å². The van der Waals surface area contributed by atoms with Crippen LogP contribution in [0.5, 0.6) is 0 Å². The first-order valence-electron chi connectivity index (χ1n) is 21.4. The Morgan fingerprint density at radius 1 is 0.632 bits per heavy atom. The quantitative estimate of drug-likeness (QED) is 0.129. The smallest absolute Gasteiger partial charge is 0.475 e. The number of nitrogens with zero attached hydrogens (tertiary/aromatic N) is 7. The molecule has 0 spiro atoms. The standard InChI is InChI=1S/C22H19Cl3N4O3S2.C16H17ClN4OS.C6H3Cl3O2S.C2HF3O2/c1-28(2)22(30)16-5-3-14(11-18(16)25)21-27-26-20(33-21)13-7-9-29(10-8-13)34(31,32)19-12-15(23)4-6-17(19)24;1-21(2)16(22)12-4-3-11(9-13(12)17)15-20-19-14(23-15)10-5-7-18-8-6-10;7-4-1-2-5(8)6(3-4)12(9,10)11;3-2(4,5)1(6)7/h3-7,11-12H,8-10H2,1-2H3;3-5,9,18H,6-8H2,1-2H3;1-3H;(H,6,7). The van der Waals surface area contributed by atoms with Crippen LogP contribution in [0, 0.1) is 0 Å². The highest BCUT2D eigenvalue weighted by Crippen LogP contribution is 2.36. The summed E-state index contributed by atoms with van der Waals surface area (Å²) in [7, 11) is 4.22. The Morgan fingerprint density at radius 2 is 1.07 bits per heavy atom. The number of alkyl halides is 3. The monoisotopic (exact) mass is 1260 g/mol. The Kier molecular flexibility index (Phi) is 22.1. The second-order valence-corrected chi connectivity index (χ2v) is 24.9. The highest BCUT2D eigenvalue weighted by molar-refractivity contribution is 8.13. The summed E-state index contributed by atoms with van der Waals surface area (Å²) in [6.45, 7) is 2.30. The van der Waals surface area contributed by atoms with Gasteiger partial charge in [-0.25, -0.2) is 21.6 Å². The van der Waals surface area contributed by atoms with Gasteiger partial charge in [-0.1, -0.05) is 117 Å². The van der Waals surface area contributed by atoms with Crippen molar-refractivity contribution in [3.8, 4) is 21.1 Å². The van der Waals surface area contributed by atoms with Gasteiger partial charge in [-0.15, -0.1) is 20.4 Å². The van der Waals surface area contributed by atoms with Crippen molar-refractivity contribution in [2.24, 2.45) is 0 Å². The number of carbonyl (C=O) groups is 3. The van der Waals surface area contributed by atoms with Crippen molar-refractivity contribution in [2.75, 3.05) is 54.4 Å². The molecule has 6 aromatic rings. The highest BCUT2D eigenvalue weighted by Gasteiger charge is 2.38. The van der Waals surface area contributed by atoms with Gasteiger partial charge >= 0.3 is 12.1 Å². The molecule has 8 rings (SSSR count). The zero-order valence-electron chi connectivity index (χ0n) is 39.7. The van der Waals surface area contributed by atoms with E-state index in [0.717, 1.165) is 46.2 Å². The molecular formula is C46H40Cl7F3N8O8S4. The van der Waals surface area contributed by atoms with E-state index in [2.05, 4.69) is 31.8 Å². The van der Waals surface area contributed by atoms with Gasteiger partial charge in [0, 0.05) is 79.7 Å². The lowest BCUT2D eigenvalue weighted by Gasteiger charge is -2.25. The maximum absolute atomic E-state index is 13.0. The molecule has 4 heterocycles. The van der Waals surface area contributed by atoms with Crippen LogP contribution in [-0.2, 0) is 23.9 Å². The fourth-order valence-electron chi connectivity index (χ4n) is 6.42. The Bertz CT molecular complexity index is 3440. The van der Waals surface area contributed by atoms with Crippen LogP contribution in [0.25, 0.3) is 32.3 Å². The number of carboxylic acids is 1. The summed E-state index contributed by atoms with van der Waals surface area (Å²) in [6, 6.07) is 19.0. The van der Waals surface area contributed by atoms with E-state index in [-0.39, 0.29) is 49.8 Å². The molecule has 2 aromatic heterocycles. The Labute approximate surface area is 477 Å². The van der Waals surface area contributed by atoms with Gasteiger partial charge in [-0.2, -0.15) is 17.5 Å². The predicted octanol–water partition coefficient (Wildman–Crippen LogP) is 11.8. The van der Waals surface area contributed by atoms with Crippen molar-refractivity contribution in [2.45, 2.75) is 28.8 Å². The predicted molar refractivity (Wildman–Crippen MR) is 293 cm³/mol. The Morgan fingerprint density at radius 3 is 1.43 bits per heavy atom. The lowest BCUT2D eigenvalue weighted by atomic mass is 10.1. The van der Waals surface area contributed by atoms with E-state index in [4.69, 9.17) is 90.2 Å². The number of nitrogens with one attached hydrogen (secondary N) is 1. The third kappa shape index (κ3) is 16.8. The average molecular weight is 1270 g/mol. The molecule has 2 amide bonds. The molecule has 0 fully saturated rings. The number of aromatic nitrogens is 4. The molecule has 0 unspecified atom stereocenters. The number of benzene rings is 4. The number of rotatable bonds is 9. The van der Waals surface area contributed by atoms with Gasteiger partial charge in [-0.3, -0.25) is 9.59 Å². The molecule has 0 bridgehead atoms. The summed E-state index contributed by atoms with van der Waals surface area (Å²) in [5.74, 6) is -3.05. The van der Waals surface area contributed by atoms with E-state index in [1.165, 1.54) is 61.3 Å². The average Bonchev–Trinajstić information content (AvgIpc) is 4.07. The molecule has 0 radical (unpaired) electrons. The molecule has 0 saturated carbocycles. The largest absolute Gasteiger partial charge is 0.490 e. The van der Waals surface area contributed by atoms with E-state index in [0.29, 0.717) is 42.6 Å². The molecule has 2 N–H and O–H groups in total. The molecule has 76 heavy (non-hydrogen) atoms. The molecule has 2 aliphatic rings. The zero-order chi connectivity index (χ0) is 56.4. The maximum atomic E-state index is 13.0. The molecule has 2 aliphatic heterocycles. The van der Waals surface area contributed by atoms with E-state index >= 15 is 0 Å². The molecule has 0 saturated heterocycles. The number of hydrogen-bond acceptors (Lipinski definition) is 14. The highest BCUT2D eigenvalue weighted by atomic mass is 35.7. The second kappa shape index (κ2) is 26.9. The normalized spacial score (nSPS) is 13.8. The van der Waals surface area contributed by atoms with E-state index < -0.39 is 31.2 Å². The first kappa shape index (κ1) is 62.4. The molecular weight excluding hydrogens is 1230 g/mol. The third-order valence-electron chi connectivity index (χ3n) is 10.2. The number of hydrogen-bond donors (Lipinski definition) is 2. The first-order valence-corrected chi connectivity index (χ1v) is 29.1. The van der Waals surface area contributed by atoms with E-state index in [1.807, 2.05) is 12.1 Å². The number of sulfonamides is 1. The van der Waals surface area contributed by atoms with Crippen molar-refractivity contribution in [3.63, 3.8) is 0 Å². The van der Waals surface area contributed by atoms with Crippen molar-refractivity contribution in [1.29, 1.82) is 0 Å². The fourth-order valence-corrected chi connectivity index (χ4v) is 12.6. The van der Waals surface area contributed by atoms with Crippen LogP contribution in [0.4, 0.5) is 13.2 Å². The number of carbonyl (C=O) groups excluding carboxylic acids is 2. The summed E-state index contributed by atoms with van der Waals surface area (Å²) in [5, 5.41) is 32.2. The van der Waals surface area contributed by atoms with Crippen LogP contribution < -0.4 is 5.32 Å². The van der Waals surface area contributed by atoms with Crippen molar-refractivity contribution in [3.05, 3.63) is 136 Å². The summed E-state index contributed by atoms with van der Waals surface area (Å²) >= 11 is 38.7. The summed E-state index contributed by atoms with van der Waals surface area (Å²) in [6.07, 6.45) is 0.337. The third-order valence-corrected chi connectivity index (χ3v) is 17.6.